The molecule has 0 aliphatic rings. The van der Waals surface area contributed by atoms with Crippen molar-refractivity contribution in [2.45, 2.75) is 13.0 Å². The maximum atomic E-state index is 10.3. The smallest absolute Gasteiger partial charge is 0.247 e. The van der Waals surface area contributed by atoms with Gasteiger partial charge >= 0.3 is 0 Å². The van der Waals surface area contributed by atoms with E-state index < -0.39 is 12.0 Å². The van der Waals surface area contributed by atoms with Gasteiger partial charge in [0.25, 0.3) is 0 Å². The van der Waals surface area contributed by atoms with Crippen molar-refractivity contribution in [2.24, 2.45) is 11.5 Å². The Bertz CT molecular complexity index is 95.0. The third-order valence-electron chi connectivity index (χ3n) is 0.899. The van der Waals surface area contributed by atoms with Crippen molar-refractivity contribution in [2.75, 3.05) is 13.2 Å². The normalized spacial score (nSPS) is 13.1. The van der Waals surface area contributed by atoms with Gasteiger partial charge in [-0.15, -0.1) is 0 Å². The minimum Gasteiger partial charge on any atom is -0.367 e. The fourth-order valence-corrected chi connectivity index (χ4v) is 0.468. The van der Waals surface area contributed by atoms with Crippen LogP contribution < -0.4 is 11.5 Å². The van der Waals surface area contributed by atoms with Crippen LogP contribution in [-0.4, -0.2) is 25.2 Å². The quantitative estimate of drug-likeness (QED) is 0.506. The Labute approximate surface area is 54.2 Å². The SMILES string of the molecule is CCOC(CN)C(N)=O. The molecule has 4 nitrogen and oxygen atoms in total. The third kappa shape index (κ3) is 3.05. The lowest BCUT2D eigenvalue weighted by Crippen LogP contribution is -2.37. The summed E-state index contributed by atoms with van der Waals surface area (Å²) < 4.78 is 4.85. The molecule has 0 aromatic carbocycles. The van der Waals surface area contributed by atoms with Gasteiger partial charge in [0, 0.05) is 13.2 Å². The van der Waals surface area contributed by atoms with Crippen molar-refractivity contribution >= 4 is 5.91 Å². The second-order valence-corrected chi connectivity index (χ2v) is 1.58. The Balaban J connectivity index is 3.54. The largest absolute Gasteiger partial charge is 0.367 e. The van der Waals surface area contributed by atoms with Crippen LogP contribution in [0.25, 0.3) is 0 Å². The minimum absolute atomic E-state index is 0.156. The highest BCUT2D eigenvalue weighted by molar-refractivity contribution is 5.79. The lowest BCUT2D eigenvalue weighted by Gasteiger charge is -2.08. The zero-order chi connectivity index (χ0) is 7.28. The highest BCUT2D eigenvalue weighted by atomic mass is 16.5. The number of hydrogen-bond donors (Lipinski definition) is 2. The molecule has 0 fully saturated rings. The lowest BCUT2D eigenvalue weighted by atomic mass is 10.3. The topological polar surface area (TPSA) is 78.3 Å². The van der Waals surface area contributed by atoms with Gasteiger partial charge in [0.15, 0.2) is 0 Å². The molecule has 1 unspecified atom stereocenters. The molecule has 0 aromatic heterocycles. The number of primary amides is 1. The predicted molar refractivity (Wildman–Crippen MR) is 33.7 cm³/mol. The first-order valence-electron chi connectivity index (χ1n) is 2.83. The molecule has 1 atom stereocenters. The maximum Gasteiger partial charge on any atom is 0.247 e. The van der Waals surface area contributed by atoms with Crippen LogP contribution in [0.4, 0.5) is 0 Å². The van der Waals surface area contributed by atoms with Crippen LogP contribution in [0.15, 0.2) is 0 Å². The van der Waals surface area contributed by atoms with E-state index in [0.717, 1.165) is 0 Å². The monoisotopic (exact) mass is 132 g/mol. The van der Waals surface area contributed by atoms with Crippen LogP contribution in [0.2, 0.25) is 0 Å². The Kier molecular flexibility index (Phi) is 4.00. The van der Waals surface area contributed by atoms with Crippen molar-refractivity contribution in [3.05, 3.63) is 0 Å². The number of nitrogens with two attached hydrogens (primary N) is 2. The predicted octanol–water partition coefficient (Wildman–Crippen LogP) is -1.16. The van der Waals surface area contributed by atoms with E-state index in [-0.39, 0.29) is 6.54 Å². The zero-order valence-corrected chi connectivity index (χ0v) is 5.46. The molecule has 0 aromatic rings. The van der Waals surface area contributed by atoms with Gasteiger partial charge in [-0.1, -0.05) is 0 Å². The molecule has 0 radical (unpaired) electrons. The van der Waals surface area contributed by atoms with Gasteiger partial charge in [0.2, 0.25) is 5.91 Å². The van der Waals surface area contributed by atoms with Gasteiger partial charge in [-0.05, 0) is 6.92 Å². The van der Waals surface area contributed by atoms with Crippen LogP contribution in [0.5, 0.6) is 0 Å². The lowest BCUT2D eigenvalue weighted by molar-refractivity contribution is -0.128. The fraction of sp³-hybridized carbons (Fsp3) is 0.800. The van der Waals surface area contributed by atoms with Crippen LogP contribution in [-0.2, 0) is 9.53 Å². The summed E-state index contributed by atoms with van der Waals surface area (Å²) in [6.07, 6.45) is -0.616. The van der Waals surface area contributed by atoms with Crippen LogP contribution in [0, 0.1) is 0 Å². The molecule has 54 valence electrons. The summed E-state index contributed by atoms with van der Waals surface area (Å²) in [5.41, 5.74) is 10.0. The van der Waals surface area contributed by atoms with Gasteiger partial charge in [-0.2, -0.15) is 0 Å². The van der Waals surface area contributed by atoms with E-state index in [1.807, 2.05) is 0 Å². The first-order chi connectivity index (χ1) is 4.22. The molecule has 0 rings (SSSR count). The Morgan fingerprint density at radius 2 is 2.33 bits per heavy atom. The average Bonchev–Trinajstić information content (AvgIpc) is 1.82. The van der Waals surface area contributed by atoms with Gasteiger partial charge in [-0.3, -0.25) is 4.79 Å². The second-order valence-electron chi connectivity index (χ2n) is 1.58. The molecule has 0 heterocycles. The van der Waals surface area contributed by atoms with Crippen LogP contribution in [0.1, 0.15) is 6.92 Å². The van der Waals surface area contributed by atoms with E-state index in [4.69, 9.17) is 16.2 Å². The Hall–Kier alpha value is -0.610. The van der Waals surface area contributed by atoms with Crippen molar-refractivity contribution < 1.29 is 9.53 Å². The van der Waals surface area contributed by atoms with Gasteiger partial charge < -0.3 is 16.2 Å². The standard InChI is InChI=1S/C5H12N2O2/c1-2-9-4(3-6)5(7)8/h4H,2-3,6H2,1H3,(H2,7,8). The summed E-state index contributed by atoms with van der Waals surface area (Å²) in [5.74, 6) is -0.501. The number of ether oxygens (including phenoxy) is 1. The Morgan fingerprint density at radius 1 is 1.78 bits per heavy atom. The number of rotatable bonds is 4. The highest BCUT2D eigenvalue weighted by Gasteiger charge is 2.10. The first kappa shape index (κ1) is 8.39. The number of amides is 1. The fourth-order valence-electron chi connectivity index (χ4n) is 0.468. The maximum absolute atomic E-state index is 10.3. The van der Waals surface area contributed by atoms with Gasteiger partial charge in [0.1, 0.15) is 6.10 Å². The van der Waals surface area contributed by atoms with Gasteiger partial charge in [-0.25, -0.2) is 0 Å². The summed E-state index contributed by atoms with van der Waals surface area (Å²) in [5, 5.41) is 0. The summed E-state index contributed by atoms with van der Waals surface area (Å²) in [7, 11) is 0. The van der Waals surface area contributed by atoms with E-state index >= 15 is 0 Å². The highest BCUT2D eigenvalue weighted by Crippen LogP contribution is 1.85. The van der Waals surface area contributed by atoms with E-state index in [9.17, 15) is 4.79 Å². The molecule has 0 aliphatic carbocycles. The van der Waals surface area contributed by atoms with E-state index in [2.05, 4.69) is 0 Å². The van der Waals surface area contributed by atoms with Gasteiger partial charge in [0.05, 0.1) is 0 Å². The van der Waals surface area contributed by atoms with E-state index in [1.165, 1.54) is 0 Å². The summed E-state index contributed by atoms with van der Waals surface area (Å²) in [4.78, 5) is 10.3. The second kappa shape index (κ2) is 4.29. The molecular weight excluding hydrogens is 120 g/mol. The summed E-state index contributed by atoms with van der Waals surface area (Å²) in [6.45, 7) is 2.40. The molecule has 4 heteroatoms. The van der Waals surface area contributed by atoms with Crippen molar-refractivity contribution in [3.8, 4) is 0 Å². The molecular formula is C5H12N2O2. The molecule has 0 saturated carbocycles. The van der Waals surface area contributed by atoms with Crippen molar-refractivity contribution in [1.29, 1.82) is 0 Å². The molecule has 0 spiro atoms. The van der Waals surface area contributed by atoms with Crippen molar-refractivity contribution in [1.82, 2.24) is 0 Å². The molecule has 0 aliphatic heterocycles. The molecule has 0 bridgehead atoms. The van der Waals surface area contributed by atoms with E-state index in [0.29, 0.717) is 6.61 Å². The number of hydrogen-bond acceptors (Lipinski definition) is 3. The average molecular weight is 132 g/mol. The Morgan fingerprint density at radius 3 is 2.44 bits per heavy atom. The molecule has 0 saturated heterocycles. The first-order valence-corrected chi connectivity index (χ1v) is 2.83. The molecule has 4 N–H and O–H groups in total. The molecule has 1 amide bonds. The molecule has 9 heavy (non-hydrogen) atoms. The number of carbonyl (C=O) groups is 1. The summed E-state index contributed by atoms with van der Waals surface area (Å²) >= 11 is 0. The van der Waals surface area contributed by atoms with Crippen LogP contribution in [0.3, 0.4) is 0 Å². The third-order valence-corrected chi connectivity index (χ3v) is 0.899. The zero-order valence-electron chi connectivity index (χ0n) is 5.46. The summed E-state index contributed by atoms with van der Waals surface area (Å²) in [6, 6.07) is 0. The minimum atomic E-state index is -0.616. The van der Waals surface area contributed by atoms with Crippen molar-refractivity contribution in [3.63, 3.8) is 0 Å². The van der Waals surface area contributed by atoms with Crippen LogP contribution >= 0.6 is 0 Å². The van der Waals surface area contributed by atoms with E-state index in [1.54, 1.807) is 6.92 Å². The number of carbonyl (C=O) groups excluding carboxylic acids is 1.